The minimum Gasteiger partial charge on any atom is -0.394 e. The molecule has 1 aliphatic rings. The topological polar surface area (TPSA) is 99.4 Å². The van der Waals surface area contributed by atoms with Gasteiger partial charge in [-0.2, -0.15) is 0 Å². The van der Waals surface area contributed by atoms with Crippen LogP contribution in [-0.2, 0) is 9.47 Å². The molecule has 13 heavy (non-hydrogen) atoms. The largest absolute Gasteiger partial charge is 0.394 e. The monoisotopic (exact) mass is 198 g/mol. The molecule has 0 aliphatic carbocycles. The van der Waals surface area contributed by atoms with Crippen molar-refractivity contribution in [3.63, 3.8) is 0 Å². The predicted octanol–water partition coefficient (Wildman–Crippen LogP) is -2.57. The molecule has 0 aromatic carbocycles. The van der Waals surface area contributed by atoms with E-state index in [2.05, 4.69) is 20.4 Å². The number of methoxy groups -OCH3 is 1. The Morgan fingerprint density at radius 2 is 2.08 bits per heavy atom. The first-order valence-electron chi connectivity index (χ1n) is 5.49. The Bertz CT molecular complexity index is 223. The van der Waals surface area contributed by atoms with E-state index < -0.39 is 30.7 Å². The van der Waals surface area contributed by atoms with Gasteiger partial charge in [-0.05, 0) is 0 Å². The third-order valence-electron chi connectivity index (χ3n) is 1.99. The van der Waals surface area contributed by atoms with Crippen LogP contribution in [0.25, 0.3) is 0 Å². The van der Waals surface area contributed by atoms with Crippen LogP contribution in [0.15, 0.2) is 0 Å². The summed E-state index contributed by atoms with van der Waals surface area (Å²) in [7, 11) is 1.33. The summed E-state index contributed by atoms with van der Waals surface area (Å²) in [4.78, 5) is 0. The van der Waals surface area contributed by atoms with Gasteiger partial charge in [-0.15, -0.1) is 0 Å². The minimum absolute atomic E-state index is 0.187. The number of hydrogen-bond acceptors (Lipinski definition) is 6. The zero-order valence-corrected chi connectivity index (χ0v) is 7.04. The quantitative estimate of drug-likeness (QED) is 0.374. The van der Waals surface area contributed by atoms with Crippen LogP contribution in [0.4, 0.5) is 0 Å². The summed E-state index contributed by atoms with van der Waals surface area (Å²) in [5.74, 6) is 0. The van der Waals surface area contributed by atoms with E-state index in [0.29, 0.717) is 0 Å². The van der Waals surface area contributed by atoms with E-state index in [4.69, 9.17) is 15.2 Å². The van der Waals surface area contributed by atoms with Crippen LogP contribution in [-0.4, -0.2) is 70.6 Å². The Kier molecular flexibility index (Phi) is 2.09. The molecule has 6 heteroatoms. The molecular formula is C7H14O6. The van der Waals surface area contributed by atoms with Crippen molar-refractivity contribution in [2.24, 2.45) is 0 Å². The molecule has 0 spiro atoms. The summed E-state index contributed by atoms with van der Waals surface area (Å²) in [6.07, 6.45) is -4.88. The molecule has 6 nitrogen and oxygen atoms in total. The van der Waals surface area contributed by atoms with Crippen LogP contribution in [0.5, 0.6) is 0 Å². The SMILES string of the molecule is [2H]OC[C@H]1O[C@H](OC)[C@H](O[2H])[C@@H](O[2H])[C@@H]1O[2H]. The zero-order valence-electron chi connectivity index (χ0n) is 11.0. The summed E-state index contributed by atoms with van der Waals surface area (Å²) in [5.41, 5.74) is 0. The maximum atomic E-state index is 6.93. The molecule has 1 heterocycles. The van der Waals surface area contributed by atoms with E-state index in [1.54, 1.807) is 0 Å². The van der Waals surface area contributed by atoms with E-state index in [0.717, 1.165) is 0 Å². The van der Waals surface area contributed by atoms with E-state index in [-0.39, 0.29) is 6.61 Å². The minimum atomic E-state index is -1.05. The fraction of sp³-hybridized carbons (Fsp3) is 1.00. The molecule has 1 fully saturated rings. The first-order valence-corrected chi connectivity index (χ1v) is 3.85. The second-order valence-electron chi connectivity index (χ2n) is 2.84. The second kappa shape index (κ2) is 4.32. The van der Waals surface area contributed by atoms with Crippen LogP contribution >= 0.6 is 0 Å². The molecule has 5 atom stereocenters. The molecule has 0 aromatic rings. The Morgan fingerprint density at radius 1 is 1.31 bits per heavy atom. The van der Waals surface area contributed by atoms with Crippen molar-refractivity contribution >= 4 is 0 Å². The van der Waals surface area contributed by atoms with Gasteiger partial charge in [0.2, 0.25) is 5.72 Å². The molecule has 0 bridgehead atoms. The van der Waals surface area contributed by atoms with Crippen molar-refractivity contribution < 1.29 is 29.9 Å². The molecule has 1 aliphatic heterocycles. The van der Waals surface area contributed by atoms with Crippen molar-refractivity contribution in [2.75, 3.05) is 13.7 Å². The lowest BCUT2D eigenvalue weighted by Gasteiger charge is -2.38. The maximum absolute atomic E-state index is 6.93. The first kappa shape index (κ1) is 6.28. The van der Waals surface area contributed by atoms with Crippen LogP contribution in [0.1, 0.15) is 0 Å². The smallest absolute Gasteiger partial charge is 0.211 e. The lowest BCUT2D eigenvalue weighted by Crippen LogP contribution is -2.58. The highest BCUT2D eigenvalue weighted by molar-refractivity contribution is 4.88. The molecule has 1 rings (SSSR count). The average molecular weight is 198 g/mol. The fourth-order valence-electron chi connectivity index (χ4n) is 1.20. The normalized spacial score (nSPS) is 50.4. The van der Waals surface area contributed by atoms with Crippen molar-refractivity contribution in [3.8, 4) is 0 Å². The molecule has 0 unspecified atom stereocenters. The number of hydrogen-bond donors (Lipinski definition) is 4. The second-order valence-corrected chi connectivity index (χ2v) is 2.84. The van der Waals surface area contributed by atoms with Gasteiger partial charge in [0.15, 0.2) is 6.29 Å². The van der Waals surface area contributed by atoms with Crippen LogP contribution in [0, 0.1) is 0 Å². The van der Waals surface area contributed by atoms with Crippen LogP contribution in [0.2, 0.25) is 0 Å². The van der Waals surface area contributed by atoms with E-state index >= 15 is 0 Å². The van der Waals surface area contributed by atoms with Gasteiger partial charge in [-0.25, -0.2) is 0 Å². The van der Waals surface area contributed by atoms with Gasteiger partial charge >= 0.3 is 0 Å². The lowest BCUT2D eigenvalue weighted by atomic mass is 9.99. The van der Waals surface area contributed by atoms with Crippen molar-refractivity contribution in [1.29, 1.82) is 5.72 Å². The number of aliphatic hydroxyl groups excluding tert-OH is 4. The summed E-state index contributed by atoms with van der Waals surface area (Å²) in [6.45, 7) is -0.187. The summed E-state index contributed by atoms with van der Waals surface area (Å²) in [5, 5.41) is 17.3. The maximum Gasteiger partial charge on any atom is 0.211 e. The average Bonchev–Trinajstić information content (AvgIpc) is 2.37. The third-order valence-corrected chi connectivity index (χ3v) is 1.99. The standard InChI is InChI=1S/C7H14O6/c1-12-7-6(11)5(10)4(9)3(2-8)13-7/h3-11H,2H2,1H3/t3-,4-,5+,6-,7+/m1/s1/i8D,9D,10D,11D. The zero-order chi connectivity index (χ0) is 12.8. The van der Waals surface area contributed by atoms with Crippen LogP contribution in [0.3, 0.4) is 0 Å². The molecule has 4 N–H and O–H groups in total. The van der Waals surface area contributed by atoms with Gasteiger partial charge in [0, 0.05) is 7.11 Å². The highest BCUT2D eigenvalue weighted by atomic mass is 16.7. The van der Waals surface area contributed by atoms with Gasteiger partial charge in [0.05, 0.1) is 6.61 Å². The Morgan fingerprint density at radius 3 is 2.62 bits per heavy atom. The molecule has 0 radical (unpaired) electrons. The van der Waals surface area contributed by atoms with Gasteiger partial charge in [0.25, 0.3) is 0 Å². The molecular weight excluding hydrogens is 180 g/mol. The van der Waals surface area contributed by atoms with E-state index in [1.807, 2.05) is 0 Å². The lowest BCUT2D eigenvalue weighted by molar-refractivity contribution is -0.294. The summed E-state index contributed by atoms with van der Waals surface area (Å²) < 4.78 is 37.6. The summed E-state index contributed by atoms with van der Waals surface area (Å²) in [6, 6.07) is 0. The number of ether oxygens (including phenoxy) is 2. The van der Waals surface area contributed by atoms with Gasteiger partial charge in [-0.1, -0.05) is 0 Å². The van der Waals surface area contributed by atoms with Crippen molar-refractivity contribution in [1.82, 2.24) is 0 Å². The van der Waals surface area contributed by atoms with Crippen molar-refractivity contribution in [3.05, 3.63) is 0 Å². The van der Waals surface area contributed by atoms with E-state index in [1.165, 1.54) is 7.11 Å². The Hall–Kier alpha value is -0.240. The van der Waals surface area contributed by atoms with Crippen LogP contribution < -0.4 is 0 Å². The van der Waals surface area contributed by atoms with Gasteiger partial charge < -0.3 is 29.9 Å². The number of rotatable bonds is 6. The molecule has 0 aromatic heterocycles. The molecule has 78 valence electrons. The molecule has 1 saturated heterocycles. The Balaban J connectivity index is 2.84. The van der Waals surface area contributed by atoms with Crippen molar-refractivity contribution in [2.45, 2.75) is 30.7 Å². The number of aliphatic hydroxyl groups is 4. The highest BCUT2D eigenvalue weighted by Crippen LogP contribution is 2.20. The molecule has 0 saturated carbocycles. The Labute approximate surface area is 81.3 Å². The predicted molar refractivity (Wildman–Crippen MR) is 40.8 cm³/mol. The highest BCUT2D eigenvalue weighted by Gasteiger charge is 2.43. The van der Waals surface area contributed by atoms with E-state index in [9.17, 15) is 0 Å². The fourth-order valence-corrected chi connectivity index (χ4v) is 1.20. The first-order chi connectivity index (χ1) is 8.23. The van der Waals surface area contributed by atoms with Gasteiger partial charge in [-0.3, -0.25) is 0 Å². The summed E-state index contributed by atoms with van der Waals surface area (Å²) >= 11 is 0. The third kappa shape index (κ3) is 1.98. The van der Waals surface area contributed by atoms with Gasteiger partial charge in [0.1, 0.15) is 24.4 Å². The molecule has 0 amide bonds.